The molecule has 1 amide bonds. The average Bonchev–Trinajstić information content (AvgIpc) is 2.73. The summed E-state index contributed by atoms with van der Waals surface area (Å²) in [7, 11) is 0. The molecule has 0 aliphatic carbocycles. The van der Waals surface area contributed by atoms with Crippen LogP contribution in [0.2, 0.25) is 0 Å². The molecule has 1 aromatic rings. The summed E-state index contributed by atoms with van der Waals surface area (Å²) >= 11 is 1.63. The number of nitrogens with one attached hydrogen (secondary N) is 1. The van der Waals surface area contributed by atoms with Crippen molar-refractivity contribution in [1.82, 2.24) is 10.2 Å². The number of rotatable bonds is 1. The highest BCUT2D eigenvalue weighted by molar-refractivity contribution is 7.10. The van der Waals surface area contributed by atoms with Gasteiger partial charge in [-0.1, -0.05) is 0 Å². The van der Waals surface area contributed by atoms with E-state index in [1.165, 1.54) is 5.56 Å². The van der Waals surface area contributed by atoms with Gasteiger partial charge >= 0.3 is 0 Å². The smallest absolute Gasteiger partial charge is 0.240 e. The van der Waals surface area contributed by atoms with E-state index >= 15 is 0 Å². The van der Waals surface area contributed by atoms with Gasteiger partial charge in [-0.15, -0.1) is 11.3 Å². The molecule has 5 heteroatoms. The Kier molecular flexibility index (Phi) is 1.67. The van der Waals surface area contributed by atoms with E-state index in [-0.39, 0.29) is 11.9 Å². The maximum atomic E-state index is 11.4. The van der Waals surface area contributed by atoms with Gasteiger partial charge in [0.1, 0.15) is 6.04 Å². The van der Waals surface area contributed by atoms with Gasteiger partial charge in [0.15, 0.2) is 0 Å². The number of fused-ring (bicyclic) bond motifs is 4. The summed E-state index contributed by atoms with van der Waals surface area (Å²) < 4.78 is 0. The second-order valence-electron chi connectivity index (χ2n) is 3.73. The van der Waals surface area contributed by atoms with Crippen LogP contribution in [0.3, 0.4) is 0 Å². The Morgan fingerprint density at radius 3 is 3.36 bits per heavy atom. The van der Waals surface area contributed by atoms with Crippen molar-refractivity contribution in [2.45, 2.75) is 12.1 Å². The van der Waals surface area contributed by atoms with Gasteiger partial charge < -0.3 is 5.73 Å². The largest absolute Gasteiger partial charge is 0.368 e. The maximum Gasteiger partial charge on any atom is 0.240 e. The van der Waals surface area contributed by atoms with Crippen LogP contribution in [0, 0.1) is 0 Å². The lowest BCUT2D eigenvalue weighted by atomic mass is 9.99. The molecule has 3 heterocycles. The molecule has 3 rings (SSSR count). The zero-order chi connectivity index (χ0) is 9.71. The van der Waals surface area contributed by atoms with Gasteiger partial charge in [-0.25, -0.2) is 0 Å². The second-order valence-corrected chi connectivity index (χ2v) is 4.68. The van der Waals surface area contributed by atoms with E-state index < -0.39 is 0 Å². The molecule has 4 nitrogen and oxygen atoms in total. The zero-order valence-corrected chi connectivity index (χ0v) is 8.38. The Balaban J connectivity index is 2.13. The van der Waals surface area contributed by atoms with Crippen LogP contribution in [0.4, 0.5) is 0 Å². The average molecular weight is 209 g/mol. The highest BCUT2D eigenvalue weighted by atomic mass is 32.1. The number of hydrogen-bond donors (Lipinski definition) is 2. The van der Waals surface area contributed by atoms with Gasteiger partial charge in [-0.05, 0) is 17.0 Å². The normalized spacial score (nSPS) is 34.1. The van der Waals surface area contributed by atoms with Crippen LogP contribution in [0.5, 0.6) is 0 Å². The summed E-state index contributed by atoms with van der Waals surface area (Å²) in [6.07, 6.45) is 0. The minimum Gasteiger partial charge on any atom is -0.368 e. The van der Waals surface area contributed by atoms with Crippen LogP contribution in [0.15, 0.2) is 11.4 Å². The van der Waals surface area contributed by atoms with Crippen molar-refractivity contribution >= 4 is 17.2 Å². The third kappa shape index (κ3) is 0.972. The predicted molar refractivity (Wildman–Crippen MR) is 53.7 cm³/mol. The minimum atomic E-state index is -0.240. The summed E-state index contributed by atoms with van der Waals surface area (Å²) in [5.41, 5.74) is 6.68. The summed E-state index contributed by atoms with van der Waals surface area (Å²) in [5, 5.41) is 5.40. The Labute approximate surface area is 85.7 Å². The molecule has 0 radical (unpaired) electrons. The topological polar surface area (TPSA) is 58.4 Å². The Hall–Kier alpha value is -0.910. The number of nitrogens with two attached hydrogens (primary N) is 1. The minimum absolute atomic E-state index is 0.212. The van der Waals surface area contributed by atoms with Crippen LogP contribution in [0.1, 0.15) is 22.5 Å². The lowest BCUT2D eigenvalue weighted by Crippen LogP contribution is -2.38. The molecule has 0 aromatic carbocycles. The molecule has 74 valence electrons. The van der Waals surface area contributed by atoms with Gasteiger partial charge in [-0.3, -0.25) is 15.0 Å². The molecule has 14 heavy (non-hydrogen) atoms. The number of hydrogen-bond acceptors (Lipinski definition) is 4. The van der Waals surface area contributed by atoms with Gasteiger partial charge in [0, 0.05) is 24.1 Å². The van der Waals surface area contributed by atoms with Gasteiger partial charge in [-0.2, -0.15) is 0 Å². The lowest BCUT2D eigenvalue weighted by molar-refractivity contribution is -0.123. The Morgan fingerprint density at radius 2 is 2.57 bits per heavy atom. The first-order valence-electron chi connectivity index (χ1n) is 4.61. The fourth-order valence-electron chi connectivity index (χ4n) is 2.31. The molecule has 2 aliphatic rings. The molecular weight excluding hydrogens is 198 g/mol. The van der Waals surface area contributed by atoms with Crippen molar-refractivity contribution in [1.29, 1.82) is 0 Å². The number of carbonyl (C=O) groups is 1. The van der Waals surface area contributed by atoms with Crippen molar-refractivity contribution < 1.29 is 4.79 Å². The van der Waals surface area contributed by atoms with E-state index in [0.29, 0.717) is 6.04 Å². The standard InChI is InChI=1S/C9H11N3OS/c10-9(13)7-8-5(1-2-14-8)6-3-12(7)4-11-6/h1-2,6-7,11H,3-4H2,(H2,10,13). The fraction of sp³-hybridized carbons (Fsp3) is 0.444. The van der Waals surface area contributed by atoms with Gasteiger partial charge in [0.25, 0.3) is 0 Å². The summed E-state index contributed by atoms with van der Waals surface area (Å²) in [5.74, 6) is -0.240. The lowest BCUT2D eigenvalue weighted by Gasteiger charge is -2.28. The summed E-state index contributed by atoms with van der Waals surface area (Å²) in [4.78, 5) is 14.6. The van der Waals surface area contributed by atoms with Crippen molar-refractivity contribution in [2.24, 2.45) is 5.73 Å². The van der Waals surface area contributed by atoms with E-state index in [2.05, 4.69) is 16.3 Å². The highest BCUT2D eigenvalue weighted by Gasteiger charge is 2.40. The first kappa shape index (κ1) is 8.40. The van der Waals surface area contributed by atoms with E-state index in [4.69, 9.17) is 5.73 Å². The monoisotopic (exact) mass is 209 g/mol. The molecule has 0 saturated carbocycles. The van der Waals surface area contributed by atoms with Gasteiger partial charge in [0.2, 0.25) is 5.91 Å². The zero-order valence-electron chi connectivity index (χ0n) is 7.56. The van der Waals surface area contributed by atoms with Crippen LogP contribution in [-0.2, 0) is 4.79 Å². The Morgan fingerprint density at radius 1 is 1.71 bits per heavy atom. The van der Waals surface area contributed by atoms with Crippen molar-refractivity contribution in [2.75, 3.05) is 13.2 Å². The third-order valence-corrected chi connectivity index (χ3v) is 3.93. The number of amides is 1. The van der Waals surface area contributed by atoms with E-state index in [0.717, 1.165) is 18.1 Å². The number of thiophene rings is 1. The quantitative estimate of drug-likeness (QED) is 0.694. The molecule has 0 spiro atoms. The molecule has 1 fully saturated rings. The first-order chi connectivity index (χ1) is 6.77. The summed E-state index contributed by atoms with van der Waals surface area (Å²) in [6, 6.07) is 2.28. The van der Waals surface area contributed by atoms with Crippen LogP contribution in [-0.4, -0.2) is 24.0 Å². The molecule has 2 aliphatic heterocycles. The number of nitrogens with zero attached hydrogens (tertiary/aromatic N) is 1. The van der Waals surface area contributed by atoms with Crippen molar-refractivity contribution in [3.05, 3.63) is 21.9 Å². The maximum absolute atomic E-state index is 11.4. The van der Waals surface area contributed by atoms with Crippen LogP contribution >= 0.6 is 11.3 Å². The van der Waals surface area contributed by atoms with E-state index in [9.17, 15) is 4.79 Å². The first-order valence-corrected chi connectivity index (χ1v) is 5.49. The summed E-state index contributed by atoms with van der Waals surface area (Å²) in [6.45, 7) is 1.66. The molecule has 2 bridgehead atoms. The molecule has 3 N–H and O–H groups in total. The van der Waals surface area contributed by atoms with E-state index in [1.807, 2.05) is 5.38 Å². The van der Waals surface area contributed by atoms with Gasteiger partial charge in [0.05, 0.1) is 0 Å². The van der Waals surface area contributed by atoms with Crippen molar-refractivity contribution in [3.8, 4) is 0 Å². The second kappa shape index (κ2) is 2.79. The molecule has 1 aromatic heterocycles. The number of carbonyl (C=O) groups excluding carboxylic acids is 1. The Bertz CT molecular complexity index is 389. The highest BCUT2D eigenvalue weighted by Crippen LogP contribution is 2.40. The van der Waals surface area contributed by atoms with E-state index in [1.54, 1.807) is 11.3 Å². The number of primary amides is 1. The molecule has 3 atom stereocenters. The molecule has 3 unspecified atom stereocenters. The third-order valence-electron chi connectivity index (χ3n) is 2.94. The fourth-order valence-corrected chi connectivity index (χ4v) is 3.41. The molecule has 1 saturated heterocycles. The van der Waals surface area contributed by atoms with Crippen molar-refractivity contribution in [3.63, 3.8) is 0 Å². The SMILES string of the molecule is NC(=O)C1c2sccc2C2CN1CN2. The molecular formula is C9H11N3OS. The van der Waals surface area contributed by atoms with Crippen LogP contribution in [0.25, 0.3) is 0 Å². The van der Waals surface area contributed by atoms with Crippen LogP contribution < -0.4 is 11.1 Å². The predicted octanol–water partition coefficient (Wildman–Crippen LogP) is 0.192.